The second kappa shape index (κ2) is 5.99. The summed E-state index contributed by atoms with van der Waals surface area (Å²) in [5, 5.41) is 4.73. The van der Waals surface area contributed by atoms with Crippen LogP contribution in [0.3, 0.4) is 0 Å². The van der Waals surface area contributed by atoms with E-state index in [4.69, 9.17) is 5.10 Å². The van der Waals surface area contributed by atoms with Gasteiger partial charge in [-0.15, -0.1) is 0 Å². The van der Waals surface area contributed by atoms with Gasteiger partial charge in [-0.3, -0.25) is 9.58 Å². The van der Waals surface area contributed by atoms with Crippen LogP contribution in [0.4, 0.5) is 0 Å². The number of rotatable bonds is 7. The first-order chi connectivity index (χ1) is 10.1. The van der Waals surface area contributed by atoms with Crippen LogP contribution < -0.4 is 0 Å². The topological polar surface area (TPSA) is 21.1 Å². The summed E-state index contributed by atoms with van der Waals surface area (Å²) in [6, 6.07) is 0. The van der Waals surface area contributed by atoms with Gasteiger partial charge in [0.15, 0.2) is 0 Å². The molecule has 1 aromatic rings. The Morgan fingerprint density at radius 2 is 1.91 bits per heavy atom. The Labute approximate surface area is 137 Å². The van der Waals surface area contributed by atoms with Crippen molar-refractivity contribution in [1.29, 1.82) is 0 Å². The first-order valence-electron chi connectivity index (χ1n) is 8.79. The molecular formula is C19H35N3. The number of hydrogen-bond acceptors (Lipinski definition) is 2. The van der Waals surface area contributed by atoms with E-state index in [-0.39, 0.29) is 5.54 Å². The molecule has 0 bridgehead atoms. The van der Waals surface area contributed by atoms with Gasteiger partial charge < -0.3 is 0 Å². The van der Waals surface area contributed by atoms with E-state index in [1.54, 1.807) is 0 Å². The zero-order valence-electron chi connectivity index (χ0n) is 16.0. The number of hydrogen-bond donors (Lipinski definition) is 0. The normalized spacial score (nSPS) is 17.5. The van der Waals surface area contributed by atoms with E-state index >= 15 is 0 Å². The summed E-state index contributed by atoms with van der Waals surface area (Å²) in [6.45, 7) is 14.9. The Balaban J connectivity index is 2.08. The molecule has 0 N–H and O–H groups in total. The van der Waals surface area contributed by atoms with Gasteiger partial charge >= 0.3 is 0 Å². The van der Waals surface area contributed by atoms with Gasteiger partial charge in [0, 0.05) is 30.4 Å². The summed E-state index contributed by atoms with van der Waals surface area (Å²) in [5.74, 6) is 0.483. The van der Waals surface area contributed by atoms with Crippen LogP contribution in [-0.2, 0) is 13.6 Å². The summed E-state index contributed by atoms with van der Waals surface area (Å²) in [7, 11) is 4.33. The molecule has 1 saturated carbocycles. The van der Waals surface area contributed by atoms with Gasteiger partial charge in [0.2, 0.25) is 0 Å². The second-order valence-corrected chi connectivity index (χ2v) is 8.71. The maximum Gasteiger partial charge on any atom is 0.0697 e. The summed E-state index contributed by atoms with van der Waals surface area (Å²) >= 11 is 0. The van der Waals surface area contributed by atoms with Crippen LogP contribution in [0.25, 0.3) is 0 Å². The molecular weight excluding hydrogens is 270 g/mol. The van der Waals surface area contributed by atoms with Crippen molar-refractivity contribution in [2.24, 2.45) is 12.5 Å². The molecule has 1 aromatic heterocycles. The molecule has 0 aliphatic heterocycles. The predicted octanol–water partition coefficient (Wildman–Crippen LogP) is 4.64. The fraction of sp³-hybridized carbons (Fsp3) is 0.842. The van der Waals surface area contributed by atoms with E-state index in [1.807, 2.05) is 4.68 Å². The lowest BCUT2D eigenvalue weighted by Gasteiger charge is -2.37. The molecule has 0 spiro atoms. The van der Waals surface area contributed by atoms with Crippen LogP contribution in [0.2, 0.25) is 0 Å². The van der Waals surface area contributed by atoms with E-state index < -0.39 is 0 Å². The summed E-state index contributed by atoms with van der Waals surface area (Å²) in [6.07, 6.45) is 5.47. The SMILES string of the molecule is Cc1c(CN(C)C(C)(C)CCC2(C)CC2)c(C(C)C)nn1C. The van der Waals surface area contributed by atoms with Gasteiger partial charge in [-0.25, -0.2) is 0 Å². The van der Waals surface area contributed by atoms with Gasteiger partial charge in [0.05, 0.1) is 5.69 Å². The van der Waals surface area contributed by atoms with Crippen molar-refractivity contribution in [2.45, 2.75) is 85.2 Å². The maximum atomic E-state index is 4.73. The minimum atomic E-state index is 0.238. The van der Waals surface area contributed by atoms with E-state index in [0.29, 0.717) is 11.3 Å². The molecule has 1 heterocycles. The molecule has 0 unspecified atom stereocenters. The minimum absolute atomic E-state index is 0.238. The van der Waals surface area contributed by atoms with Crippen molar-refractivity contribution >= 4 is 0 Å². The van der Waals surface area contributed by atoms with Crippen LogP contribution >= 0.6 is 0 Å². The molecule has 3 nitrogen and oxygen atoms in total. The molecule has 126 valence electrons. The van der Waals surface area contributed by atoms with E-state index in [2.05, 4.69) is 60.5 Å². The van der Waals surface area contributed by atoms with Crippen molar-refractivity contribution < 1.29 is 0 Å². The van der Waals surface area contributed by atoms with Crippen molar-refractivity contribution in [3.8, 4) is 0 Å². The van der Waals surface area contributed by atoms with Crippen molar-refractivity contribution in [3.05, 3.63) is 17.0 Å². The molecule has 1 aliphatic rings. The zero-order valence-corrected chi connectivity index (χ0v) is 16.0. The second-order valence-electron chi connectivity index (χ2n) is 8.71. The van der Waals surface area contributed by atoms with Crippen LogP contribution in [0, 0.1) is 12.3 Å². The fourth-order valence-corrected chi connectivity index (χ4v) is 3.05. The van der Waals surface area contributed by atoms with Crippen LogP contribution in [-0.4, -0.2) is 27.3 Å². The van der Waals surface area contributed by atoms with Gasteiger partial charge in [0.25, 0.3) is 0 Å². The number of nitrogens with zero attached hydrogens (tertiary/aromatic N) is 3. The van der Waals surface area contributed by atoms with Gasteiger partial charge in [-0.2, -0.15) is 5.10 Å². The molecule has 22 heavy (non-hydrogen) atoms. The molecule has 1 aliphatic carbocycles. The van der Waals surface area contributed by atoms with Crippen molar-refractivity contribution in [3.63, 3.8) is 0 Å². The summed E-state index contributed by atoms with van der Waals surface area (Å²) in [5.41, 5.74) is 4.87. The molecule has 0 radical (unpaired) electrons. The summed E-state index contributed by atoms with van der Waals surface area (Å²) in [4.78, 5) is 2.52. The van der Waals surface area contributed by atoms with Gasteiger partial charge in [-0.1, -0.05) is 20.8 Å². The lowest BCUT2D eigenvalue weighted by molar-refractivity contribution is 0.126. The maximum absolute atomic E-state index is 4.73. The lowest BCUT2D eigenvalue weighted by Crippen LogP contribution is -2.41. The highest BCUT2D eigenvalue weighted by Gasteiger charge is 2.39. The quantitative estimate of drug-likeness (QED) is 0.731. The standard InChI is InChI=1S/C19H35N3/c1-14(2)17-16(15(3)22(8)20-17)13-21(7)18(4,5)9-10-19(6)11-12-19/h14H,9-13H2,1-8H3. The molecule has 1 fully saturated rings. The monoisotopic (exact) mass is 305 g/mol. The summed E-state index contributed by atoms with van der Waals surface area (Å²) < 4.78 is 2.04. The van der Waals surface area contributed by atoms with Crippen molar-refractivity contribution in [2.75, 3.05) is 7.05 Å². The molecule has 0 atom stereocenters. The molecule has 0 aromatic carbocycles. The Bertz CT molecular complexity index is 521. The number of aromatic nitrogens is 2. The molecule has 2 rings (SSSR count). The van der Waals surface area contributed by atoms with Crippen LogP contribution in [0.1, 0.15) is 83.2 Å². The zero-order chi connectivity index (χ0) is 16.7. The van der Waals surface area contributed by atoms with Gasteiger partial charge in [0.1, 0.15) is 0 Å². The largest absolute Gasteiger partial charge is 0.297 e. The van der Waals surface area contributed by atoms with Crippen molar-refractivity contribution in [1.82, 2.24) is 14.7 Å². The Kier molecular flexibility index (Phi) is 4.77. The highest BCUT2D eigenvalue weighted by Crippen LogP contribution is 2.50. The Morgan fingerprint density at radius 3 is 2.41 bits per heavy atom. The van der Waals surface area contributed by atoms with E-state index in [1.165, 1.54) is 42.6 Å². The van der Waals surface area contributed by atoms with E-state index in [9.17, 15) is 0 Å². The number of aryl methyl sites for hydroxylation is 1. The third kappa shape index (κ3) is 3.73. The smallest absolute Gasteiger partial charge is 0.0697 e. The Morgan fingerprint density at radius 1 is 1.32 bits per heavy atom. The average molecular weight is 306 g/mol. The average Bonchev–Trinajstić information content (AvgIpc) is 3.10. The lowest BCUT2D eigenvalue weighted by atomic mass is 9.89. The van der Waals surface area contributed by atoms with Crippen LogP contribution in [0.5, 0.6) is 0 Å². The molecule has 0 amide bonds. The highest BCUT2D eigenvalue weighted by atomic mass is 15.3. The fourth-order valence-electron chi connectivity index (χ4n) is 3.05. The first kappa shape index (κ1) is 17.5. The third-order valence-corrected chi connectivity index (χ3v) is 5.91. The van der Waals surface area contributed by atoms with Crippen LogP contribution in [0.15, 0.2) is 0 Å². The highest BCUT2D eigenvalue weighted by molar-refractivity contribution is 5.27. The third-order valence-electron chi connectivity index (χ3n) is 5.91. The molecule has 3 heteroatoms. The first-order valence-corrected chi connectivity index (χ1v) is 8.79. The van der Waals surface area contributed by atoms with Gasteiger partial charge in [-0.05, 0) is 64.8 Å². The molecule has 0 saturated heterocycles. The minimum Gasteiger partial charge on any atom is -0.297 e. The Hall–Kier alpha value is -0.830. The predicted molar refractivity (Wildman–Crippen MR) is 94.2 cm³/mol. The van der Waals surface area contributed by atoms with E-state index in [0.717, 1.165) is 6.54 Å².